The third-order valence-corrected chi connectivity index (χ3v) is 2.66. The highest BCUT2D eigenvalue weighted by Crippen LogP contribution is 2.44. The van der Waals surface area contributed by atoms with E-state index in [0.717, 1.165) is 4.57 Å². The summed E-state index contributed by atoms with van der Waals surface area (Å²) in [5.74, 6) is -6.41. The molecule has 0 spiro atoms. The quantitative estimate of drug-likeness (QED) is 0.611. The molecule has 1 aromatic rings. The molecule has 0 N–H and O–H groups in total. The van der Waals surface area contributed by atoms with Crippen LogP contribution >= 0.6 is 15.9 Å². The first kappa shape index (κ1) is 15.3. The van der Waals surface area contributed by atoms with Gasteiger partial charge in [0.25, 0.3) is 0 Å². The van der Waals surface area contributed by atoms with Crippen LogP contribution in [0.4, 0.5) is 22.0 Å². The van der Waals surface area contributed by atoms with Crippen LogP contribution in [0.15, 0.2) is 0 Å². The topological polar surface area (TPSA) is 30.7 Å². The minimum atomic E-state index is -5.70. The van der Waals surface area contributed by atoms with Gasteiger partial charge in [-0.1, -0.05) is 15.9 Å². The highest BCUT2D eigenvalue weighted by molar-refractivity contribution is 9.08. The zero-order valence-electron chi connectivity index (χ0n) is 9.82. The fourth-order valence-corrected chi connectivity index (χ4v) is 1.80. The summed E-state index contributed by atoms with van der Waals surface area (Å²) in [5, 5.41) is 6.40. The maximum atomic E-state index is 13.3. The van der Waals surface area contributed by atoms with Gasteiger partial charge < -0.3 is 4.57 Å². The van der Waals surface area contributed by atoms with Crippen LogP contribution in [0.25, 0.3) is 0 Å². The molecule has 0 aliphatic heterocycles. The van der Waals surface area contributed by atoms with Crippen LogP contribution in [0.2, 0.25) is 0 Å². The van der Waals surface area contributed by atoms with E-state index in [1.165, 1.54) is 20.8 Å². The summed E-state index contributed by atoms with van der Waals surface area (Å²) in [4.78, 5) is 0. The third-order valence-electron chi connectivity index (χ3n) is 2.16. The van der Waals surface area contributed by atoms with Crippen LogP contribution in [0.5, 0.6) is 0 Å². The molecule has 0 bridgehead atoms. The molecule has 0 amide bonds. The summed E-state index contributed by atoms with van der Waals surface area (Å²) in [6.45, 7) is 4.50. The lowest BCUT2D eigenvalue weighted by Gasteiger charge is -2.28. The van der Waals surface area contributed by atoms with Crippen molar-refractivity contribution in [1.29, 1.82) is 0 Å². The van der Waals surface area contributed by atoms with E-state index in [9.17, 15) is 22.0 Å². The van der Waals surface area contributed by atoms with Crippen molar-refractivity contribution < 1.29 is 22.0 Å². The van der Waals surface area contributed by atoms with Gasteiger partial charge in [-0.15, -0.1) is 10.2 Å². The summed E-state index contributed by atoms with van der Waals surface area (Å²) >= 11 is 2.98. The average molecular weight is 336 g/mol. The third kappa shape index (κ3) is 2.50. The number of nitrogens with zero attached hydrogens (tertiary/aromatic N) is 3. The Morgan fingerprint density at radius 3 is 1.89 bits per heavy atom. The Bertz CT molecular complexity index is 432. The normalized spacial score (nSPS) is 14.1. The number of hydrogen-bond donors (Lipinski definition) is 0. The van der Waals surface area contributed by atoms with E-state index in [2.05, 4.69) is 26.1 Å². The first-order valence-electron chi connectivity index (χ1n) is 4.88. The summed E-state index contributed by atoms with van der Waals surface area (Å²) < 4.78 is 64.6. The SMILES string of the molecule is CC(C)(C)n1c(CBr)nnc1C(F)(F)C(F)(F)F. The van der Waals surface area contributed by atoms with Gasteiger partial charge in [0, 0.05) is 5.54 Å². The second kappa shape index (κ2) is 4.43. The number of rotatable bonds is 2. The van der Waals surface area contributed by atoms with E-state index in [4.69, 9.17) is 0 Å². The monoisotopic (exact) mass is 335 g/mol. The number of hydrogen-bond acceptors (Lipinski definition) is 2. The first-order chi connectivity index (χ1) is 7.93. The molecule has 0 unspecified atom stereocenters. The van der Waals surface area contributed by atoms with E-state index >= 15 is 0 Å². The van der Waals surface area contributed by atoms with Crippen LogP contribution < -0.4 is 0 Å². The number of aromatic nitrogens is 3. The van der Waals surface area contributed by atoms with Crippen LogP contribution in [-0.2, 0) is 16.8 Å². The molecule has 9 heteroatoms. The van der Waals surface area contributed by atoms with Gasteiger partial charge in [-0.3, -0.25) is 0 Å². The molecule has 18 heavy (non-hydrogen) atoms. The summed E-state index contributed by atoms with van der Waals surface area (Å²) in [6, 6.07) is 0. The smallest absolute Gasteiger partial charge is 0.303 e. The maximum Gasteiger partial charge on any atom is 0.461 e. The largest absolute Gasteiger partial charge is 0.461 e. The zero-order valence-corrected chi connectivity index (χ0v) is 11.4. The van der Waals surface area contributed by atoms with Crippen molar-refractivity contribution in [3.05, 3.63) is 11.6 Å². The summed E-state index contributed by atoms with van der Waals surface area (Å²) in [6.07, 6.45) is -5.70. The molecule has 0 fully saturated rings. The number of halogens is 6. The second-order valence-corrected chi connectivity index (χ2v) is 5.21. The van der Waals surface area contributed by atoms with Crippen LogP contribution in [0, 0.1) is 0 Å². The fraction of sp³-hybridized carbons (Fsp3) is 0.778. The molecular weight excluding hydrogens is 325 g/mol. The van der Waals surface area contributed by atoms with Gasteiger partial charge in [0.05, 0.1) is 5.33 Å². The van der Waals surface area contributed by atoms with Gasteiger partial charge in [0.2, 0.25) is 5.82 Å². The summed E-state index contributed by atoms with van der Waals surface area (Å²) in [5.41, 5.74) is -0.989. The lowest BCUT2D eigenvalue weighted by molar-refractivity contribution is -0.294. The molecule has 0 saturated carbocycles. The molecule has 104 valence electrons. The fourth-order valence-electron chi connectivity index (χ4n) is 1.44. The lowest BCUT2D eigenvalue weighted by Crippen LogP contribution is -2.39. The molecule has 0 atom stereocenters. The second-order valence-electron chi connectivity index (χ2n) is 4.65. The molecule has 0 aliphatic carbocycles. The van der Waals surface area contributed by atoms with Crippen molar-refractivity contribution in [2.24, 2.45) is 0 Å². The molecule has 0 aliphatic rings. The number of alkyl halides is 6. The van der Waals surface area contributed by atoms with Crippen molar-refractivity contribution in [3.8, 4) is 0 Å². The van der Waals surface area contributed by atoms with Gasteiger partial charge >= 0.3 is 12.1 Å². The Balaban J connectivity index is 3.48. The molecule has 3 nitrogen and oxygen atoms in total. The van der Waals surface area contributed by atoms with Crippen molar-refractivity contribution in [2.45, 2.75) is 43.7 Å². The molecule has 1 heterocycles. The minimum absolute atomic E-state index is 0.0152. The zero-order chi connectivity index (χ0) is 14.4. The standard InChI is InChI=1S/C9H11BrF5N3/c1-7(2,3)18-5(4-10)16-17-6(18)8(11,12)9(13,14)15/h4H2,1-3H3. The molecule has 1 aromatic heterocycles. The Kier molecular flexibility index (Phi) is 3.77. The Labute approximate surface area is 109 Å². The molecule has 0 radical (unpaired) electrons. The predicted octanol–water partition coefficient (Wildman–Crippen LogP) is 3.58. The van der Waals surface area contributed by atoms with Gasteiger partial charge in [0.15, 0.2) is 0 Å². The van der Waals surface area contributed by atoms with Crippen LogP contribution in [0.3, 0.4) is 0 Å². The van der Waals surface area contributed by atoms with Crippen LogP contribution in [0.1, 0.15) is 32.4 Å². The first-order valence-corrected chi connectivity index (χ1v) is 6.01. The predicted molar refractivity (Wildman–Crippen MR) is 57.6 cm³/mol. The van der Waals surface area contributed by atoms with E-state index in [1.54, 1.807) is 0 Å². The van der Waals surface area contributed by atoms with Crippen molar-refractivity contribution in [3.63, 3.8) is 0 Å². The molecule has 1 rings (SSSR count). The van der Waals surface area contributed by atoms with Crippen molar-refractivity contribution >= 4 is 15.9 Å². The van der Waals surface area contributed by atoms with Gasteiger partial charge in [-0.25, -0.2) is 0 Å². The lowest BCUT2D eigenvalue weighted by atomic mass is 10.1. The van der Waals surface area contributed by atoms with Gasteiger partial charge in [0.1, 0.15) is 5.82 Å². The van der Waals surface area contributed by atoms with E-state index < -0.39 is 23.5 Å². The van der Waals surface area contributed by atoms with Crippen molar-refractivity contribution in [2.75, 3.05) is 0 Å². The highest BCUT2D eigenvalue weighted by Gasteiger charge is 2.62. The summed E-state index contributed by atoms with van der Waals surface area (Å²) in [7, 11) is 0. The van der Waals surface area contributed by atoms with E-state index in [-0.39, 0.29) is 11.2 Å². The molecule has 0 aromatic carbocycles. The Morgan fingerprint density at radius 2 is 1.56 bits per heavy atom. The highest BCUT2D eigenvalue weighted by atomic mass is 79.9. The van der Waals surface area contributed by atoms with E-state index in [0.29, 0.717) is 0 Å². The minimum Gasteiger partial charge on any atom is -0.303 e. The van der Waals surface area contributed by atoms with Gasteiger partial charge in [-0.05, 0) is 20.8 Å². The Morgan fingerprint density at radius 1 is 1.06 bits per heavy atom. The van der Waals surface area contributed by atoms with Crippen molar-refractivity contribution in [1.82, 2.24) is 14.8 Å². The molecular formula is C9H11BrF5N3. The Hall–Kier alpha value is -0.730. The van der Waals surface area contributed by atoms with Crippen LogP contribution in [-0.4, -0.2) is 20.9 Å². The van der Waals surface area contributed by atoms with Gasteiger partial charge in [-0.2, -0.15) is 22.0 Å². The average Bonchev–Trinajstić information content (AvgIpc) is 2.58. The van der Waals surface area contributed by atoms with E-state index in [1.807, 2.05) is 0 Å². The maximum absolute atomic E-state index is 13.3. The molecule has 0 saturated heterocycles.